The van der Waals surface area contributed by atoms with E-state index in [0.29, 0.717) is 21.5 Å². The maximum atomic E-state index is 13.1. The van der Waals surface area contributed by atoms with Crippen molar-refractivity contribution in [1.82, 2.24) is 5.32 Å². The lowest BCUT2D eigenvalue weighted by Gasteiger charge is -2.14. The molecule has 0 aliphatic rings. The SMILES string of the molecule is Cc1ccc(CNC(=O)c2cc(Cl)ccc2NS(=O)(=O)c2ccc(Oc3ccccc3Cl)cc2)cc1Cl. The molecule has 190 valence electrons. The van der Waals surface area contributed by atoms with Crippen LogP contribution in [0.25, 0.3) is 0 Å². The van der Waals surface area contributed by atoms with Crippen LogP contribution in [0.5, 0.6) is 11.5 Å². The molecule has 0 unspecified atom stereocenters. The van der Waals surface area contributed by atoms with Gasteiger partial charge in [0.15, 0.2) is 0 Å². The molecule has 0 spiro atoms. The largest absolute Gasteiger partial charge is 0.456 e. The van der Waals surface area contributed by atoms with Gasteiger partial charge in [-0.3, -0.25) is 9.52 Å². The summed E-state index contributed by atoms with van der Waals surface area (Å²) in [5.41, 5.74) is 1.88. The van der Waals surface area contributed by atoms with Gasteiger partial charge in [0.2, 0.25) is 0 Å². The number of hydrogen-bond donors (Lipinski definition) is 2. The van der Waals surface area contributed by atoms with Crippen LogP contribution in [0.4, 0.5) is 5.69 Å². The van der Waals surface area contributed by atoms with Crippen LogP contribution in [0.2, 0.25) is 15.1 Å². The number of aryl methyl sites for hydroxylation is 1. The number of carbonyl (C=O) groups excluding carboxylic acids is 1. The standard InChI is InChI=1S/C27H21Cl3N2O4S/c1-17-6-7-18(14-24(17)30)16-31-27(33)22-15-19(28)8-13-25(22)32-37(34,35)21-11-9-20(10-12-21)36-26-5-3-2-4-23(26)29/h2-15,32H,16H2,1H3,(H,31,33). The van der Waals surface area contributed by atoms with E-state index in [1.807, 2.05) is 19.1 Å². The van der Waals surface area contributed by atoms with Crippen molar-refractivity contribution < 1.29 is 17.9 Å². The summed E-state index contributed by atoms with van der Waals surface area (Å²) in [6.07, 6.45) is 0. The Balaban J connectivity index is 1.50. The molecule has 0 fully saturated rings. The lowest BCUT2D eigenvalue weighted by molar-refractivity contribution is 0.0952. The Morgan fingerprint density at radius 3 is 2.30 bits per heavy atom. The Kier molecular flexibility index (Phi) is 8.29. The Labute approximate surface area is 230 Å². The van der Waals surface area contributed by atoms with E-state index < -0.39 is 15.9 Å². The van der Waals surface area contributed by atoms with Crippen LogP contribution in [0, 0.1) is 6.92 Å². The summed E-state index contributed by atoms with van der Waals surface area (Å²) < 4.78 is 34.3. The van der Waals surface area contributed by atoms with Gasteiger partial charge in [0, 0.05) is 16.6 Å². The molecule has 0 aliphatic heterocycles. The predicted octanol–water partition coefficient (Wildman–Crippen LogP) is 7.48. The minimum Gasteiger partial charge on any atom is -0.456 e. The Morgan fingerprint density at radius 1 is 0.865 bits per heavy atom. The number of benzene rings is 4. The van der Waals surface area contributed by atoms with Gasteiger partial charge in [-0.1, -0.05) is 59.1 Å². The zero-order valence-electron chi connectivity index (χ0n) is 19.5. The summed E-state index contributed by atoms with van der Waals surface area (Å²) in [7, 11) is -4.03. The van der Waals surface area contributed by atoms with Gasteiger partial charge >= 0.3 is 0 Å². The van der Waals surface area contributed by atoms with Gasteiger partial charge in [0.1, 0.15) is 11.5 Å². The summed E-state index contributed by atoms with van der Waals surface area (Å²) in [4.78, 5) is 12.9. The van der Waals surface area contributed by atoms with E-state index in [-0.39, 0.29) is 27.7 Å². The third-order valence-electron chi connectivity index (χ3n) is 5.36. The molecule has 1 amide bonds. The van der Waals surface area contributed by atoms with Crippen molar-refractivity contribution in [3.63, 3.8) is 0 Å². The average Bonchev–Trinajstić information content (AvgIpc) is 2.87. The number of ether oxygens (including phenoxy) is 1. The first-order valence-corrected chi connectivity index (χ1v) is 13.6. The van der Waals surface area contributed by atoms with E-state index >= 15 is 0 Å². The minimum atomic E-state index is -4.03. The first-order valence-electron chi connectivity index (χ1n) is 11.0. The number of nitrogens with one attached hydrogen (secondary N) is 2. The van der Waals surface area contributed by atoms with Gasteiger partial charge in [0.25, 0.3) is 15.9 Å². The zero-order valence-corrected chi connectivity index (χ0v) is 22.5. The van der Waals surface area contributed by atoms with Crippen molar-refractivity contribution in [1.29, 1.82) is 0 Å². The van der Waals surface area contributed by atoms with Gasteiger partial charge in [-0.05, 0) is 78.7 Å². The quantitative estimate of drug-likeness (QED) is 0.228. The van der Waals surface area contributed by atoms with Crippen LogP contribution in [0.3, 0.4) is 0 Å². The topological polar surface area (TPSA) is 84.5 Å². The predicted molar refractivity (Wildman–Crippen MR) is 148 cm³/mol. The van der Waals surface area contributed by atoms with Crippen molar-refractivity contribution in [3.05, 3.63) is 117 Å². The van der Waals surface area contributed by atoms with Gasteiger partial charge in [-0.15, -0.1) is 0 Å². The fourth-order valence-electron chi connectivity index (χ4n) is 3.36. The normalized spacial score (nSPS) is 11.1. The second kappa shape index (κ2) is 11.4. The highest BCUT2D eigenvalue weighted by atomic mass is 35.5. The molecule has 10 heteroatoms. The van der Waals surface area contributed by atoms with Crippen LogP contribution < -0.4 is 14.8 Å². The zero-order chi connectivity index (χ0) is 26.6. The monoisotopic (exact) mass is 574 g/mol. The maximum absolute atomic E-state index is 13.1. The smallest absolute Gasteiger partial charge is 0.261 e. The van der Waals surface area contributed by atoms with E-state index in [2.05, 4.69) is 10.0 Å². The number of sulfonamides is 1. The number of hydrogen-bond acceptors (Lipinski definition) is 4. The summed E-state index contributed by atoms with van der Waals surface area (Å²) in [6, 6.07) is 22.6. The van der Waals surface area contributed by atoms with Gasteiger partial charge < -0.3 is 10.1 Å². The Hall–Kier alpha value is -3.23. The lowest BCUT2D eigenvalue weighted by Crippen LogP contribution is -2.25. The van der Waals surface area contributed by atoms with Crippen molar-refractivity contribution in [2.75, 3.05) is 4.72 Å². The molecule has 0 heterocycles. The van der Waals surface area contributed by atoms with Crippen LogP contribution in [0.1, 0.15) is 21.5 Å². The van der Waals surface area contributed by atoms with Crippen molar-refractivity contribution in [3.8, 4) is 11.5 Å². The van der Waals surface area contributed by atoms with Crippen LogP contribution in [-0.4, -0.2) is 14.3 Å². The molecule has 0 atom stereocenters. The molecule has 4 aromatic carbocycles. The number of anilines is 1. The van der Waals surface area contributed by atoms with Crippen LogP contribution in [-0.2, 0) is 16.6 Å². The maximum Gasteiger partial charge on any atom is 0.261 e. The summed E-state index contributed by atoms with van der Waals surface area (Å²) >= 11 is 18.4. The molecule has 37 heavy (non-hydrogen) atoms. The lowest BCUT2D eigenvalue weighted by atomic mass is 10.1. The molecule has 0 saturated heterocycles. The third-order valence-corrected chi connectivity index (χ3v) is 7.69. The van der Waals surface area contributed by atoms with E-state index in [9.17, 15) is 13.2 Å². The van der Waals surface area contributed by atoms with Crippen molar-refractivity contribution in [2.45, 2.75) is 18.4 Å². The van der Waals surface area contributed by atoms with Gasteiger partial charge in [-0.2, -0.15) is 0 Å². The molecular weight excluding hydrogens is 555 g/mol. The second-order valence-electron chi connectivity index (χ2n) is 8.07. The Morgan fingerprint density at radius 2 is 1.59 bits per heavy atom. The van der Waals surface area contributed by atoms with Gasteiger partial charge in [0.05, 0.1) is 21.2 Å². The number of amides is 1. The fourth-order valence-corrected chi connectivity index (χ4v) is 4.99. The molecule has 4 rings (SSSR count). The van der Waals surface area contributed by atoms with E-state index in [1.165, 1.54) is 42.5 Å². The number of halogens is 3. The summed E-state index contributed by atoms with van der Waals surface area (Å²) in [5, 5.41) is 4.08. The first-order chi connectivity index (χ1) is 17.6. The number of carbonyl (C=O) groups is 1. The fraction of sp³-hybridized carbons (Fsp3) is 0.0741. The molecule has 2 N–H and O–H groups in total. The highest BCUT2D eigenvalue weighted by Crippen LogP contribution is 2.30. The molecule has 4 aromatic rings. The molecule has 6 nitrogen and oxygen atoms in total. The van der Waals surface area contributed by atoms with Crippen LogP contribution >= 0.6 is 34.8 Å². The van der Waals surface area contributed by atoms with Crippen molar-refractivity contribution in [2.24, 2.45) is 0 Å². The highest BCUT2D eigenvalue weighted by Gasteiger charge is 2.20. The van der Waals surface area contributed by atoms with Crippen LogP contribution in [0.15, 0.2) is 89.8 Å². The molecule has 0 saturated carbocycles. The highest BCUT2D eigenvalue weighted by molar-refractivity contribution is 7.92. The average molecular weight is 576 g/mol. The third kappa shape index (κ3) is 6.76. The molecule has 0 aliphatic carbocycles. The summed E-state index contributed by atoms with van der Waals surface area (Å²) in [5.74, 6) is 0.359. The first kappa shape index (κ1) is 26.8. The van der Waals surface area contributed by atoms with E-state index in [0.717, 1.165) is 11.1 Å². The molecule has 0 aromatic heterocycles. The van der Waals surface area contributed by atoms with Gasteiger partial charge in [-0.25, -0.2) is 8.42 Å². The number of para-hydroxylation sites is 1. The Bertz CT molecular complexity index is 1560. The second-order valence-corrected chi connectivity index (χ2v) is 11.0. The van der Waals surface area contributed by atoms with Crippen molar-refractivity contribution >= 4 is 56.4 Å². The minimum absolute atomic E-state index is 0.0189. The molecule has 0 radical (unpaired) electrons. The van der Waals surface area contributed by atoms with E-state index in [1.54, 1.807) is 30.3 Å². The molecular formula is C27H21Cl3N2O4S. The number of rotatable bonds is 8. The van der Waals surface area contributed by atoms with E-state index in [4.69, 9.17) is 39.5 Å². The summed E-state index contributed by atoms with van der Waals surface area (Å²) in [6.45, 7) is 2.08. The molecule has 0 bridgehead atoms.